The molecule has 1 aromatic rings. The molecule has 2 amide bonds. The molecule has 0 spiro atoms. The van der Waals surface area contributed by atoms with Crippen LogP contribution in [0.4, 0.5) is 4.39 Å². The maximum atomic E-state index is 13.5. The van der Waals surface area contributed by atoms with Gasteiger partial charge in [-0.2, -0.15) is 0 Å². The number of piperazine rings is 1. The Morgan fingerprint density at radius 1 is 1.45 bits per heavy atom. The molecule has 1 unspecified atom stereocenters. The zero-order valence-corrected chi connectivity index (χ0v) is 12.7. The Morgan fingerprint density at radius 3 is 2.90 bits per heavy atom. The van der Waals surface area contributed by atoms with E-state index in [-0.39, 0.29) is 30.7 Å². The van der Waals surface area contributed by atoms with E-state index in [0.717, 1.165) is 6.42 Å². The van der Waals surface area contributed by atoms with E-state index in [9.17, 15) is 14.0 Å². The fourth-order valence-electron chi connectivity index (χ4n) is 2.31. The minimum Gasteiger partial charge on any atom is -0.345 e. The van der Waals surface area contributed by atoms with E-state index < -0.39 is 6.04 Å². The van der Waals surface area contributed by atoms with Crippen molar-refractivity contribution in [2.75, 3.05) is 6.54 Å². The number of benzene rings is 1. The summed E-state index contributed by atoms with van der Waals surface area (Å²) in [7, 11) is 0. The molecule has 0 aromatic heterocycles. The lowest BCUT2D eigenvalue weighted by atomic mass is 10.1. The van der Waals surface area contributed by atoms with Crippen molar-refractivity contribution in [3.63, 3.8) is 0 Å². The van der Waals surface area contributed by atoms with Crippen molar-refractivity contribution >= 4 is 27.7 Å². The second kappa shape index (κ2) is 6.35. The van der Waals surface area contributed by atoms with Crippen LogP contribution in [0.5, 0.6) is 0 Å². The van der Waals surface area contributed by atoms with Gasteiger partial charge < -0.3 is 10.2 Å². The van der Waals surface area contributed by atoms with E-state index in [1.54, 1.807) is 12.1 Å². The minimum atomic E-state index is -0.476. The molecule has 1 aromatic carbocycles. The molecule has 1 fully saturated rings. The number of amides is 2. The highest BCUT2D eigenvalue weighted by molar-refractivity contribution is 9.10. The van der Waals surface area contributed by atoms with Crippen molar-refractivity contribution in [3.05, 3.63) is 34.1 Å². The summed E-state index contributed by atoms with van der Waals surface area (Å²) in [6, 6.07) is 4.22. The molecule has 1 saturated heterocycles. The molecule has 1 aliphatic rings. The summed E-state index contributed by atoms with van der Waals surface area (Å²) in [4.78, 5) is 25.4. The van der Waals surface area contributed by atoms with Gasteiger partial charge in [0.1, 0.15) is 11.9 Å². The highest BCUT2D eigenvalue weighted by Crippen LogP contribution is 2.24. The lowest BCUT2D eigenvalue weighted by Crippen LogP contribution is -2.57. The summed E-state index contributed by atoms with van der Waals surface area (Å²) in [6.07, 6.45) is 1.40. The topological polar surface area (TPSA) is 49.4 Å². The van der Waals surface area contributed by atoms with Gasteiger partial charge >= 0.3 is 0 Å². The lowest BCUT2D eigenvalue weighted by Gasteiger charge is -2.35. The quantitative estimate of drug-likeness (QED) is 0.911. The first-order chi connectivity index (χ1) is 9.54. The van der Waals surface area contributed by atoms with Crippen LogP contribution >= 0.6 is 15.9 Å². The zero-order valence-electron chi connectivity index (χ0n) is 11.2. The second-order valence-electron chi connectivity index (χ2n) is 4.76. The van der Waals surface area contributed by atoms with Gasteiger partial charge in [0.05, 0.1) is 11.0 Å². The Bertz CT molecular complexity index is 536. The molecule has 6 heteroatoms. The molecule has 1 atom stereocenters. The van der Waals surface area contributed by atoms with Crippen molar-refractivity contribution in [1.82, 2.24) is 10.2 Å². The smallest absolute Gasteiger partial charge is 0.243 e. The van der Waals surface area contributed by atoms with E-state index in [1.165, 1.54) is 11.0 Å². The van der Waals surface area contributed by atoms with Crippen LogP contribution in [0.1, 0.15) is 25.3 Å². The monoisotopic (exact) mass is 342 g/mol. The van der Waals surface area contributed by atoms with Crippen molar-refractivity contribution in [2.45, 2.75) is 32.4 Å². The number of nitrogens with one attached hydrogen (secondary N) is 1. The van der Waals surface area contributed by atoms with Crippen LogP contribution in [-0.2, 0) is 16.1 Å². The van der Waals surface area contributed by atoms with Crippen LogP contribution in [0.2, 0.25) is 0 Å². The second-order valence-corrected chi connectivity index (χ2v) is 5.55. The molecule has 0 radical (unpaired) electrons. The highest BCUT2D eigenvalue weighted by Gasteiger charge is 2.33. The van der Waals surface area contributed by atoms with Crippen LogP contribution in [0, 0.1) is 5.82 Å². The van der Waals surface area contributed by atoms with Crippen molar-refractivity contribution in [3.8, 4) is 0 Å². The number of carbonyl (C=O) groups is 2. The summed E-state index contributed by atoms with van der Waals surface area (Å²) in [5, 5.41) is 2.59. The van der Waals surface area contributed by atoms with E-state index in [1.807, 2.05) is 6.92 Å². The fraction of sp³-hybridized carbons (Fsp3) is 0.429. The van der Waals surface area contributed by atoms with E-state index in [4.69, 9.17) is 0 Å². The maximum absolute atomic E-state index is 13.5. The molecule has 20 heavy (non-hydrogen) atoms. The Balaban J connectivity index is 2.25. The van der Waals surface area contributed by atoms with Crippen molar-refractivity contribution in [1.29, 1.82) is 0 Å². The summed E-state index contributed by atoms with van der Waals surface area (Å²) in [5.74, 6) is -0.651. The van der Waals surface area contributed by atoms with Gasteiger partial charge in [0.2, 0.25) is 11.8 Å². The molecule has 1 heterocycles. The summed E-state index contributed by atoms with van der Waals surface area (Å²) in [6.45, 7) is 2.20. The van der Waals surface area contributed by atoms with Crippen LogP contribution in [0.15, 0.2) is 22.7 Å². The SMILES string of the molecule is CCCC1C(=O)NCC(=O)N1Cc1cccc(F)c1Br. The van der Waals surface area contributed by atoms with E-state index >= 15 is 0 Å². The first kappa shape index (κ1) is 15.0. The van der Waals surface area contributed by atoms with Gasteiger partial charge in [0.15, 0.2) is 0 Å². The summed E-state index contributed by atoms with van der Waals surface area (Å²) >= 11 is 3.19. The third kappa shape index (κ3) is 3.00. The molecular formula is C14H16BrFN2O2. The fourth-order valence-corrected chi connectivity index (χ4v) is 2.70. The molecular weight excluding hydrogens is 327 g/mol. The Hall–Kier alpha value is -1.43. The van der Waals surface area contributed by atoms with Crippen LogP contribution < -0.4 is 5.32 Å². The molecule has 0 bridgehead atoms. The standard InChI is InChI=1S/C14H16BrFN2O2/c1-2-4-11-14(20)17-7-12(19)18(11)8-9-5-3-6-10(16)13(9)15/h3,5-6,11H,2,4,7-8H2,1H3,(H,17,20). The van der Waals surface area contributed by atoms with Crippen LogP contribution in [-0.4, -0.2) is 29.3 Å². The Morgan fingerprint density at radius 2 is 2.20 bits per heavy atom. The predicted molar refractivity (Wildman–Crippen MR) is 76.4 cm³/mol. The van der Waals surface area contributed by atoms with Gasteiger partial charge in [0, 0.05) is 6.54 Å². The molecule has 1 aliphatic heterocycles. The number of carbonyl (C=O) groups excluding carboxylic acids is 2. The molecule has 0 saturated carbocycles. The van der Waals surface area contributed by atoms with E-state index in [0.29, 0.717) is 16.5 Å². The maximum Gasteiger partial charge on any atom is 0.243 e. The van der Waals surface area contributed by atoms with Crippen molar-refractivity contribution < 1.29 is 14.0 Å². The van der Waals surface area contributed by atoms with Crippen LogP contribution in [0.3, 0.4) is 0 Å². The van der Waals surface area contributed by atoms with Gasteiger partial charge in [-0.1, -0.05) is 25.5 Å². The average Bonchev–Trinajstić information content (AvgIpc) is 2.43. The van der Waals surface area contributed by atoms with Gasteiger partial charge in [-0.3, -0.25) is 9.59 Å². The largest absolute Gasteiger partial charge is 0.345 e. The third-order valence-corrected chi connectivity index (χ3v) is 4.24. The van der Waals surface area contributed by atoms with Crippen LogP contribution in [0.25, 0.3) is 0 Å². The number of hydrogen-bond donors (Lipinski definition) is 1. The normalized spacial score (nSPS) is 19.1. The first-order valence-corrected chi connectivity index (χ1v) is 7.34. The average molecular weight is 343 g/mol. The number of rotatable bonds is 4. The number of nitrogens with zero attached hydrogens (tertiary/aromatic N) is 1. The van der Waals surface area contributed by atoms with Gasteiger partial charge in [0.25, 0.3) is 0 Å². The lowest BCUT2D eigenvalue weighted by molar-refractivity contribution is -0.146. The van der Waals surface area contributed by atoms with Gasteiger partial charge in [-0.25, -0.2) is 4.39 Å². The molecule has 2 rings (SSSR count). The molecule has 1 N–H and O–H groups in total. The third-order valence-electron chi connectivity index (χ3n) is 3.35. The predicted octanol–water partition coefficient (Wildman–Crippen LogP) is 2.22. The highest BCUT2D eigenvalue weighted by atomic mass is 79.9. The zero-order chi connectivity index (χ0) is 14.7. The summed E-state index contributed by atoms with van der Waals surface area (Å²) in [5.41, 5.74) is 0.661. The van der Waals surface area contributed by atoms with Gasteiger partial charge in [-0.05, 0) is 34.0 Å². The number of hydrogen-bond acceptors (Lipinski definition) is 2. The molecule has 108 valence electrons. The summed E-state index contributed by atoms with van der Waals surface area (Å²) < 4.78 is 13.9. The molecule has 4 nitrogen and oxygen atoms in total. The Labute approximate surface area is 125 Å². The van der Waals surface area contributed by atoms with E-state index in [2.05, 4.69) is 21.2 Å². The van der Waals surface area contributed by atoms with Crippen molar-refractivity contribution in [2.24, 2.45) is 0 Å². The Kier molecular flexibility index (Phi) is 4.75. The van der Waals surface area contributed by atoms with Gasteiger partial charge in [-0.15, -0.1) is 0 Å². The number of halogens is 2. The minimum absolute atomic E-state index is 0.00593. The molecule has 0 aliphatic carbocycles. The first-order valence-electron chi connectivity index (χ1n) is 6.54.